The first-order chi connectivity index (χ1) is 14.1. The largest absolute Gasteiger partial charge is 0.207 e. The Morgan fingerprint density at radius 3 is 1.45 bits per heavy atom. The first-order valence-corrected chi connectivity index (χ1v) is 9.59. The summed E-state index contributed by atoms with van der Waals surface area (Å²) >= 11 is 0. The van der Waals surface area contributed by atoms with Crippen LogP contribution in [0.1, 0.15) is 0 Å². The highest BCUT2D eigenvalue weighted by atomic mass is 19.1. The molecule has 0 radical (unpaired) electrons. The predicted octanol–water partition coefficient (Wildman–Crippen LogP) is 5.86. The third-order valence-electron chi connectivity index (χ3n) is 5.45. The molecule has 0 aliphatic carbocycles. The van der Waals surface area contributed by atoms with E-state index < -0.39 is 0 Å². The molecule has 0 amide bonds. The quantitative estimate of drug-likeness (QED) is 0.267. The molecule has 5 aromatic carbocycles. The lowest BCUT2D eigenvalue weighted by Gasteiger charge is -2.18. The monoisotopic (exact) mass is 378 g/mol. The van der Waals surface area contributed by atoms with Crippen molar-refractivity contribution >= 4 is 34.9 Å². The van der Waals surface area contributed by atoms with E-state index in [1.807, 2.05) is 36.4 Å². The van der Waals surface area contributed by atoms with Crippen molar-refractivity contribution in [2.24, 2.45) is 0 Å². The van der Waals surface area contributed by atoms with Crippen molar-refractivity contribution in [1.82, 2.24) is 0 Å². The molecule has 0 saturated carbocycles. The average Bonchev–Trinajstić information content (AvgIpc) is 2.74. The highest BCUT2D eigenvalue weighted by Crippen LogP contribution is 2.43. The first-order valence-electron chi connectivity index (χ1n) is 9.59. The zero-order valence-electron chi connectivity index (χ0n) is 15.9. The summed E-state index contributed by atoms with van der Waals surface area (Å²) in [4.78, 5) is 0. The molecule has 0 atom stereocenters. The van der Waals surface area contributed by atoms with Gasteiger partial charge in [-0.2, -0.15) is 0 Å². The SMILES string of the molecule is Bc1ccc2c(-c3ccc(F)cc3)c3ccccc3c(-c3ccc(F)cc3)c2c1. The zero-order valence-corrected chi connectivity index (χ0v) is 15.9. The van der Waals surface area contributed by atoms with E-state index in [2.05, 4.69) is 38.2 Å². The molecular formula is C26H17BF2. The molecule has 0 fully saturated rings. The maximum Gasteiger partial charge on any atom is 0.139 e. The van der Waals surface area contributed by atoms with Crippen molar-refractivity contribution in [3.63, 3.8) is 0 Å². The topological polar surface area (TPSA) is 0 Å². The lowest BCUT2D eigenvalue weighted by Crippen LogP contribution is -2.02. The standard InChI is InChI=1S/C26H17BF2/c27-18-9-14-23-24(15-18)26(17-7-12-20(29)13-8-17)22-4-2-1-3-21(22)25(23)16-5-10-19(28)11-6-16/h1-15H,27H2. The zero-order chi connectivity index (χ0) is 20.0. The fourth-order valence-corrected chi connectivity index (χ4v) is 4.15. The molecule has 0 bridgehead atoms. The summed E-state index contributed by atoms with van der Waals surface area (Å²) < 4.78 is 27.2. The average molecular weight is 378 g/mol. The van der Waals surface area contributed by atoms with Crippen molar-refractivity contribution in [2.45, 2.75) is 0 Å². The highest BCUT2D eigenvalue weighted by Gasteiger charge is 2.16. The van der Waals surface area contributed by atoms with Crippen LogP contribution in [0, 0.1) is 11.6 Å². The van der Waals surface area contributed by atoms with Crippen LogP contribution >= 0.6 is 0 Å². The Morgan fingerprint density at radius 2 is 0.931 bits per heavy atom. The summed E-state index contributed by atoms with van der Waals surface area (Å²) in [5, 5.41) is 4.39. The van der Waals surface area contributed by atoms with Crippen LogP contribution in [0.5, 0.6) is 0 Å². The van der Waals surface area contributed by atoms with E-state index in [-0.39, 0.29) is 11.6 Å². The Bertz CT molecular complexity index is 1350. The molecule has 0 nitrogen and oxygen atoms in total. The molecule has 0 saturated heterocycles. The van der Waals surface area contributed by atoms with Gasteiger partial charge in [-0.1, -0.05) is 72.2 Å². The van der Waals surface area contributed by atoms with Crippen LogP contribution in [-0.4, -0.2) is 7.85 Å². The van der Waals surface area contributed by atoms with Crippen molar-refractivity contribution in [2.75, 3.05) is 0 Å². The lowest BCUT2D eigenvalue weighted by atomic mass is 9.83. The van der Waals surface area contributed by atoms with Crippen LogP contribution in [0.25, 0.3) is 43.8 Å². The third kappa shape index (κ3) is 2.99. The third-order valence-corrected chi connectivity index (χ3v) is 5.45. The van der Waals surface area contributed by atoms with E-state index in [1.165, 1.54) is 24.3 Å². The van der Waals surface area contributed by atoms with Gasteiger partial charge in [0, 0.05) is 0 Å². The molecule has 5 aromatic rings. The minimum absolute atomic E-state index is 0.249. The molecule has 0 aromatic heterocycles. The number of halogens is 2. The molecule has 0 aliphatic rings. The normalized spacial score (nSPS) is 11.2. The van der Waals surface area contributed by atoms with Crippen LogP contribution in [0.3, 0.4) is 0 Å². The smallest absolute Gasteiger partial charge is 0.139 e. The van der Waals surface area contributed by atoms with Crippen LogP contribution in [0.4, 0.5) is 8.78 Å². The van der Waals surface area contributed by atoms with Gasteiger partial charge in [0.25, 0.3) is 0 Å². The molecule has 3 heteroatoms. The van der Waals surface area contributed by atoms with Crippen LogP contribution in [0.2, 0.25) is 0 Å². The van der Waals surface area contributed by atoms with Gasteiger partial charge in [0.2, 0.25) is 0 Å². The fraction of sp³-hybridized carbons (Fsp3) is 0. The first kappa shape index (κ1) is 17.6. The Kier molecular flexibility index (Phi) is 4.17. The molecular weight excluding hydrogens is 361 g/mol. The summed E-state index contributed by atoms with van der Waals surface area (Å²) in [5.41, 5.74) is 5.28. The van der Waals surface area contributed by atoms with Gasteiger partial charge < -0.3 is 0 Å². The van der Waals surface area contributed by atoms with E-state index in [0.29, 0.717) is 0 Å². The second-order valence-corrected chi connectivity index (χ2v) is 7.36. The van der Waals surface area contributed by atoms with E-state index in [4.69, 9.17) is 0 Å². The van der Waals surface area contributed by atoms with Crippen LogP contribution < -0.4 is 5.46 Å². The van der Waals surface area contributed by atoms with Crippen LogP contribution in [-0.2, 0) is 0 Å². The van der Waals surface area contributed by atoms with Crippen molar-refractivity contribution in [1.29, 1.82) is 0 Å². The molecule has 138 valence electrons. The van der Waals surface area contributed by atoms with Gasteiger partial charge in [-0.15, -0.1) is 0 Å². The van der Waals surface area contributed by atoms with Gasteiger partial charge >= 0.3 is 0 Å². The second kappa shape index (κ2) is 6.86. The Balaban J connectivity index is 1.98. The van der Waals surface area contributed by atoms with Gasteiger partial charge in [0.05, 0.1) is 0 Å². The molecule has 0 spiro atoms. The fourth-order valence-electron chi connectivity index (χ4n) is 4.15. The molecule has 0 heterocycles. The summed E-state index contributed by atoms with van der Waals surface area (Å²) in [6, 6.07) is 27.9. The summed E-state index contributed by atoms with van der Waals surface area (Å²) in [5.74, 6) is -0.498. The predicted molar refractivity (Wildman–Crippen MR) is 120 cm³/mol. The number of rotatable bonds is 2. The summed E-state index contributed by atoms with van der Waals surface area (Å²) in [6.07, 6.45) is 0. The van der Waals surface area contributed by atoms with E-state index in [0.717, 1.165) is 49.3 Å². The van der Waals surface area contributed by atoms with E-state index in [1.54, 1.807) is 0 Å². The number of hydrogen-bond acceptors (Lipinski definition) is 0. The summed E-state index contributed by atoms with van der Waals surface area (Å²) in [7, 11) is 2.07. The van der Waals surface area contributed by atoms with Gasteiger partial charge in [-0.05, 0) is 68.1 Å². The minimum atomic E-state index is -0.249. The molecule has 0 aliphatic heterocycles. The maximum atomic E-state index is 13.6. The Labute approximate surface area is 168 Å². The molecule has 0 N–H and O–H groups in total. The Morgan fingerprint density at radius 1 is 0.483 bits per heavy atom. The Hall–Kier alpha value is -3.46. The van der Waals surface area contributed by atoms with Gasteiger partial charge in [0.15, 0.2) is 0 Å². The second-order valence-electron chi connectivity index (χ2n) is 7.36. The molecule has 5 rings (SSSR count). The van der Waals surface area contributed by atoms with Crippen molar-refractivity contribution < 1.29 is 8.78 Å². The molecule has 0 unspecified atom stereocenters. The highest BCUT2D eigenvalue weighted by molar-refractivity contribution is 6.34. The van der Waals surface area contributed by atoms with Gasteiger partial charge in [-0.25, -0.2) is 8.78 Å². The maximum absolute atomic E-state index is 13.6. The molecule has 29 heavy (non-hydrogen) atoms. The number of fused-ring (bicyclic) bond motifs is 2. The minimum Gasteiger partial charge on any atom is -0.207 e. The van der Waals surface area contributed by atoms with Gasteiger partial charge in [0.1, 0.15) is 19.5 Å². The van der Waals surface area contributed by atoms with E-state index in [9.17, 15) is 8.78 Å². The van der Waals surface area contributed by atoms with Crippen LogP contribution in [0.15, 0.2) is 91.0 Å². The lowest BCUT2D eigenvalue weighted by molar-refractivity contribution is 0.627. The summed E-state index contributed by atoms with van der Waals surface area (Å²) in [6.45, 7) is 0. The number of hydrogen-bond donors (Lipinski definition) is 0. The van der Waals surface area contributed by atoms with Crippen molar-refractivity contribution in [3.05, 3.63) is 103 Å². The van der Waals surface area contributed by atoms with Crippen molar-refractivity contribution in [3.8, 4) is 22.3 Å². The number of benzene rings is 5. The van der Waals surface area contributed by atoms with E-state index >= 15 is 0 Å². The van der Waals surface area contributed by atoms with Gasteiger partial charge in [-0.3, -0.25) is 0 Å².